The van der Waals surface area contributed by atoms with E-state index in [1.54, 1.807) is 0 Å². The molecule has 1 aromatic carbocycles. The molecular weight excluding hydrogens is 214 g/mol. The summed E-state index contributed by atoms with van der Waals surface area (Å²) in [7, 11) is 0. The van der Waals surface area contributed by atoms with Crippen molar-refractivity contribution in [2.75, 3.05) is 19.8 Å². The van der Waals surface area contributed by atoms with Gasteiger partial charge in [-0.3, -0.25) is 0 Å². The molecule has 1 aliphatic rings. The molecule has 3 nitrogen and oxygen atoms in total. The zero-order valence-electron chi connectivity index (χ0n) is 10.2. The second-order valence-corrected chi connectivity index (χ2v) is 4.64. The lowest BCUT2D eigenvalue weighted by Gasteiger charge is -2.28. The van der Waals surface area contributed by atoms with Crippen molar-refractivity contribution >= 4 is 0 Å². The summed E-state index contributed by atoms with van der Waals surface area (Å²) in [5.41, 5.74) is 6.79. The Balaban J connectivity index is 1.63. The molecule has 2 unspecified atom stereocenters. The lowest BCUT2D eigenvalue weighted by molar-refractivity contribution is -0.0403. The highest BCUT2D eigenvalue weighted by molar-refractivity contribution is 5.13. The Morgan fingerprint density at radius 3 is 2.71 bits per heavy atom. The number of ether oxygens (including phenoxy) is 2. The summed E-state index contributed by atoms with van der Waals surface area (Å²) in [5, 5.41) is 0. The van der Waals surface area contributed by atoms with E-state index >= 15 is 0 Å². The van der Waals surface area contributed by atoms with Crippen LogP contribution in [0.4, 0.5) is 0 Å². The van der Waals surface area contributed by atoms with Gasteiger partial charge in [-0.05, 0) is 18.4 Å². The van der Waals surface area contributed by atoms with E-state index in [9.17, 15) is 0 Å². The van der Waals surface area contributed by atoms with E-state index in [1.807, 2.05) is 18.2 Å². The zero-order valence-corrected chi connectivity index (χ0v) is 10.2. The summed E-state index contributed by atoms with van der Waals surface area (Å²) in [5.74, 6) is 0.529. The van der Waals surface area contributed by atoms with Gasteiger partial charge < -0.3 is 15.2 Å². The van der Waals surface area contributed by atoms with Crippen LogP contribution < -0.4 is 5.73 Å². The Bertz CT molecular complexity index is 307. The van der Waals surface area contributed by atoms with Gasteiger partial charge in [-0.25, -0.2) is 0 Å². The summed E-state index contributed by atoms with van der Waals surface area (Å²) in [6.07, 6.45) is 2.49. The zero-order chi connectivity index (χ0) is 11.9. The third-order valence-corrected chi connectivity index (χ3v) is 3.19. The van der Waals surface area contributed by atoms with Crippen LogP contribution >= 0.6 is 0 Å². The van der Waals surface area contributed by atoms with Crippen LogP contribution in [0.25, 0.3) is 0 Å². The van der Waals surface area contributed by atoms with E-state index in [2.05, 4.69) is 12.1 Å². The summed E-state index contributed by atoms with van der Waals surface area (Å²) >= 11 is 0. The molecule has 0 radical (unpaired) electrons. The van der Waals surface area contributed by atoms with Gasteiger partial charge in [0, 0.05) is 12.5 Å². The van der Waals surface area contributed by atoms with Gasteiger partial charge in [-0.2, -0.15) is 0 Å². The van der Waals surface area contributed by atoms with Crippen molar-refractivity contribution in [2.24, 2.45) is 11.7 Å². The van der Waals surface area contributed by atoms with E-state index in [4.69, 9.17) is 15.2 Å². The minimum Gasteiger partial charge on any atom is -0.377 e. The maximum atomic E-state index is 5.72. The molecular formula is C14H21NO2. The van der Waals surface area contributed by atoms with E-state index in [0.717, 1.165) is 26.1 Å². The van der Waals surface area contributed by atoms with Crippen LogP contribution in [-0.2, 0) is 16.1 Å². The minimum atomic E-state index is 0.264. The first-order chi connectivity index (χ1) is 8.38. The van der Waals surface area contributed by atoms with E-state index in [0.29, 0.717) is 19.1 Å². The Kier molecular flexibility index (Phi) is 4.98. The van der Waals surface area contributed by atoms with Crippen LogP contribution in [0.15, 0.2) is 30.3 Å². The Morgan fingerprint density at radius 2 is 2.06 bits per heavy atom. The molecule has 0 spiro atoms. The van der Waals surface area contributed by atoms with Crippen LogP contribution in [0.3, 0.4) is 0 Å². The first-order valence-electron chi connectivity index (χ1n) is 6.32. The quantitative estimate of drug-likeness (QED) is 0.848. The lowest BCUT2D eigenvalue weighted by Crippen LogP contribution is -2.33. The fraction of sp³-hybridized carbons (Fsp3) is 0.571. The van der Waals surface area contributed by atoms with Gasteiger partial charge in [-0.1, -0.05) is 30.3 Å². The van der Waals surface area contributed by atoms with Crippen molar-refractivity contribution in [2.45, 2.75) is 25.6 Å². The number of rotatable bonds is 5. The van der Waals surface area contributed by atoms with Crippen molar-refractivity contribution < 1.29 is 9.47 Å². The molecule has 1 aromatic rings. The molecule has 2 atom stereocenters. The topological polar surface area (TPSA) is 44.5 Å². The highest BCUT2D eigenvalue weighted by atomic mass is 16.5. The average molecular weight is 235 g/mol. The Morgan fingerprint density at radius 1 is 1.24 bits per heavy atom. The molecule has 2 N–H and O–H groups in total. The molecule has 1 heterocycles. The van der Waals surface area contributed by atoms with Gasteiger partial charge >= 0.3 is 0 Å². The maximum Gasteiger partial charge on any atom is 0.0717 e. The predicted molar refractivity (Wildman–Crippen MR) is 67.6 cm³/mol. The van der Waals surface area contributed by atoms with Crippen molar-refractivity contribution in [3.8, 4) is 0 Å². The molecule has 0 amide bonds. The molecule has 0 bridgehead atoms. The van der Waals surface area contributed by atoms with Crippen LogP contribution in [0.2, 0.25) is 0 Å². The number of hydrogen-bond acceptors (Lipinski definition) is 3. The molecule has 0 aliphatic carbocycles. The van der Waals surface area contributed by atoms with Gasteiger partial charge in [0.1, 0.15) is 0 Å². The van der Waals surface area contributed by atoms with Crippen molar-refractivity contribution in [3.63, 3.8) is 0 Å². The van der Waals surface area contributed by atoms with Gasteiger partial charge in [0.25, 0.3) is 0 Å². The third-order valence-electron chi connectivity index (χ3n) is 3.19. The molecule has 0 saturated carbocycles. The highest BCUT2D eigenvalue weighted by Crippen LogP contribution is 2.18. The second kappa shape index (κ2) is 6.74. The number of nitrogens with two attached hydrogens (primary N) is 1. The lowest BCUT2D eigenvalue weighted by atomic mass is 9.99. The summed E-state index contributed by atoms with van der Waals surface area (Å²) in [4.78, 5) is 0. The van der Waals surface area contributed by atoms with E-state index in [1.165, 1.54) is 5.56 Å². The second-order valence-electron chi connectivity index (χ2n) is 4.64. The number of benzene rings is 1. The molecule has 3 heteroatoms. The summed E-state index contributed by atoms with van der Waals surface area (Å²) in [6, 6.07) is 10.3. The minimum absolute atomic E-state index is 0.264. The van der Waals surface area contributed by atoms with Crippen LogP contribution in [0.1, 0.15) is 18.4 Å². The third kappa shape index (κ3) is 4.11. The van der Waals surface area contributed by atoms with Crippen LogP contribution in [0, 0.1) is 5.92 Å². The van der Waals surface area contributed by atoms with Crippen molar-refractivity contribution in [3.05, 3.63) is 35.9 Å². The molecule has 2 rings (SSSR count). The first kappa shape index (κ1) is 12.6. The van der Waals surface area contributed by atoms with Gasteiger partial charge in [0.15, 0.2) is 0 Å². The Labute approximate surface area is 103 Å². The normalized spacial score (nSPS) is 24.8. The fourth-order valence-corrected chi connectivity index (χ4v) is 2.10. The Hall–Kier alpha value is -0.900. The van der Waals surface area contributed by atoms with Gasteiger partial charge in [0.2, 0.25) is 0 Å². The summed E-state index contributed by atoms with van der Waals surface area (Å²) < 4.78 is 11.4. The molecule has 1 saturated heterocycles. The standard InChI is InChI=1S/C14H21NO2/c15-8-14-7-6-13(11-17-14)10-16-9-12-4-2-1-3-5-12/h1-5,13-14H,6-11,15H2. The van der Waals surface area contributed by atoms with Crippen molar-refractivity contribution in [1.82, 2.24) is 0 Å². The predicted octanol–water partition coefficient (Wildman–Crippen LogP) is 1.96. The summed E-state index contributed by atoms with van der Waals surface area (Å²) in [6.45, 7) is 2.90. The molecule has 1 fully saturated rings. The van der Waals surface area contributed by atoms with Crippen LogP contribution in [0.5, 0.6) is 0 Å². The largest absolute Gasteiger partial charge is 0.377 e. The smallest absolute Gasteiger partial charge is 0.0717 e. The molecule has 94 valence electrons. The first-order valence-corrected chi connectivity index (χ1v) is 6.32. The van der Waals surface area contributed by atoms with Crippen molar-refractivity contribution in [1.29, 1.82) is 0 Å². The SMILES string of the molecule is NCC1CCC(COCc2ccccc2)CO1. The average Bonchev–Trinajstić information content (AvgIpc) is 2.41. The van der Waals surface area contributed by atoms with E-state index < -0.39 is 0 Å². The maximum absolute atomic E-state index is 5.72. The highest BCUT2D eigenvalue weighted by Gasteiger charge is 2.20. The van der Waals surface area contributed by atoms with Crippen LogP contribution in [-0.4, -0.2) is 25.9 Å². The fourth-order valence-electron chi connectivity index (χ4n) is 2.10. The molecule has 17 heavy (non-hydrogen) atoms. The molecule has 1 aliphatic heterocycles. The molecule has 0 aromatic heterocycles. The van der Waals surface area contributed by atoms with Gasteiger partial charge in [0.05, 0.1) is 25.9 Å². The number of hydrogen-bond donors (Lipinski definition) is 1. The monoisotopic (exact) mass is 235 g/mol. The van der Waals surface area contributed by atoms with Gasteiger partial charge in [-0.15, -0.1) is 0 Å². The van der Waals surface area contributed by atoms with E-state index in [-0.39, 0.29) is 6.10 Å².